The molecule has 0 saturated heterocycles. The molecule has 0 aliphatic heterocycles. The van der Waals surface area contributed by atoms with E-state index in [1.165, 1.54) is 31.4 Å². The van der Waals surface area contributed by atoms with Crippen molar-refractivity contribution in [3.8, 4) is 11.5 Å². The van der Waals surface area contributed by atoms with E-state index in [2.05, 4.69) is 21.0 Å². The zero-order chi connectivity index (χ0) is 29.5. The molecule has 14 nitrogen and oxygen atoms in total. The number of benzene rings is 1. The molecule has 1 aromatic heterocycles. The molecule has 4 N–H and O–H groups in total. The summed E-state index contributed by atoms with van der Waals surface area (Å²) in [5.41, 5.74) is 7.25. The standard InChI is InChI=1S/C24H29N5O9S/c1-12(30)35-16-9-8-14(10-17(16)36-13(2)31)19(32)27-28-21(34)24(6,7)38-29-18(15-11-39-22(25)26-15)20(33)37-23(3,4)5/h8-11H,1-7H3,(H2,25,26)(H,27,32)(H,28,34). The molecular formula is C24H29N5O9S. The molecule has 15 heteroatoms. The normalized spacial score (nSPS) is 11.7. The molecule has 0 atom stereocenters. The highest BCUT2D eigenvalue weighted by atomic mass is 32.1. The van der Waals surface area contributed by atoms with Gasteiger partial charge in [0.1, 0.15) is 11.3 Å². The average Bonchev–Trinajstić information content (AvgIpc) is 3.22. The summed E-state index contributed by atoms with van der Waals surface area (Å²) in [4.78, 5) is 70.0. The van der Waals surface area contributed by atoms with Gasteiger partial charge < -0.3 is 24.8 Å². The number of nitrogens with zero attached hydrogens (tertiary/aromatic N) is 2. The van der Waals surface area contributed by atoms with Crippen LogP contribution in [-0.2, 0) is 28.8 Å². The van der Waals surface area contributed by atoms with Gasteiger partial charge in [-0.2, -0.15) is 0 Å². The monoisotopic (exact) mass is 563 g/mol. The van der Waals surface area contributed by atoms with E-state index in [4.69, 9.17) is 24.8 Å². The Balaban J connectivity index is 2.16. The fraction of sp³-hybridized carbons (Fsp3) is 0.375. The number of ether oxygens (including phenoxy) is 3. The molecule has 39 heavy (non-hydrogen) atoms. The molecule has 1 aromatic carbocycles. The zero-order valence-corrected chi connectivity index (χ0v) is 23.2. The van der Waals surface area contributed by atoms with Gasteiger partial charge in [-0.1, -0.05) is 5.16 Å². The van der Waals surface area contributed by atoms with Crippen molar-refractivity contribution in [3.05, 3.63) is 34.8 Å². The van der Waals surface area contributed by atoms with Crippen molar-refractivity contribution in [2.75, 3.05) is 5.73 Å². The van der Waals surface area contributed by atoms with Crippen molar-refractivity contribution in [2.45, 2.75) is 59.7 Å². The molecule has 0 bridgehead atoms. The number of rotatable bonds is 8. The van der Waals surface area contributed by atoms with Crippen LogP contribution < -0.4 is 26.1 Å². The lowest BCUT2D eigenvalue weighted by molar-refractivity contribution is -0.148. The van der Waals surface area contributed by atoms with Gasteiger partial charge in [0, 0.05) is 24.8 Å². The largest absolute Gasteiger partial charge is 0.455 e. The van der Waals surface area contributed by atoms with Crippen LogP contribution >= 0.6 is 11.3 Å². The Morgan fingerprint density at radius 1 is 0.949 bits per heavy atom. The predicted octanol–water partition coefficient (Wildman–Crippen LogP) is 1.88. The minimum Gasteiger partial charge on any atom is -0.455 e. The van der Waals surface area contributed by atoms with Gasteiger partial charge in [-0.05, 0) is 52.8 Å². The third-order valence-corrected chi connectivity index (χ3v) is 4.95. The molecule has 0 spiro atoms. The van der Waals surface area contributed by atoms with Gasteiger partial charge in [-0.15, -0.1) is 11.3 Å². The van der Waals surface area contributed by atoms with E-state index in [1.54, 1.807) is 20.8 Å². The van der Waals surface area contributed by atoms with E-state index in [-0.39, 0.29) is 33.6 Å². The lowest BCUT2D eigenvalue weighted by Crippen LogP contribution is -2.51. The van der Waals surface area contributed by atoms with Gasteiger partial charge in [0.05, 0.1) is 0 Å². The summed E-state index contributed by atoms with van der Waals surface area (Å²) in [5.74, 6) is -4.10. The van der Waals surface area contributed by atoms with Gasteiger partial charge in [0.15, 0.2) is 16.6 Å². The maximum atomic E-state index is 12.7. The molecule has 1 heterocycles. The summed E-state index contributed by atoms with van der Waals surface area (Å²) < 4.78 is 15.3. The lowest BCUT2D eigenvalue weighted by atomic mass is 10.1. The fourth-order valence-corrected chi connectivity index (χ4v) is 3.12. The number of amides is 2. The van der Waals surface area contributed by atoms with E-state index in [0.29, 0.717) is 0 Å². The summed E-state index contributed by atoms with van der Waals surface area (Å²) in [5, 5.41) is 5.47. The van der Waals surface area contributed by atoms with Crippen LogP contribution in [0.3, 0.4) is 0 Å². The first-order chi connectivity index (χ1) is 18.0. The van der Waals surface area contributed by atoms with Crippen molar-refractivity contribution in [2.24, 2.45) is 5.16 Å². The number of nitrogen functional groups attached to an aromatic ring is 1. The smallest absolute Gasteiger partial charge is 0.363 e. The quantitative estimate of drug-likeness (QED) is 0.183. The second kappa shape index (κ2) is 12.3. The molecule has 210 valence electrons. The number of hydrogen-bond acceptors (Lipinski definition) is 13. The highest BCUT2D eigenvalue weighted by molar-refractivity contribution is 7.13. The average molecular weight is 564 g/mol. The number of oxime groups is 1. The van der Waals surface area contributed by atoms with Crippen LogP contribution in [-0.4, -0.2) is 51.6 Å². The Morgan fingerprint density at radius 3 is 2.10 bits per heavy atom. The molecule has 2 rings (SSSR count). The number of carbonyl (C=O) groups is 5. The molecule has 0 unspecified atom stereocenters. The van der Waals surface area contributed by atoms with Crippen LogP contribution in [0.15, 0.2) is 28.7 Å². The number of esters is 3. The van der Waals surface area contributed by atoms with Crippen LogP contribution in [0.5, 0.6) is 11.5 Å². The van der Waals surface area contributed by atoms with Crippen molar-refractivity contribution in [1.82, 2.24) is 15.8 Å². The second-order valence-corrected chi connectivity index (χ2v) is 10.3. The number of aromatic nitrogens is 1. The highest BCUT2D eigenvalue weighted by Crippen LogP contribution is 2.29. The molecule has 0 radical (unpaired) electrons. The van der Waals surface area contributed by atoms with Crippen molar-refractivity contribution in [3.63, 3.8) is 0 Å². The van der Waals surface area contributed by atoms with Crippen LogP contribution in [0.25, 0.3) is 0 Å². The lowest BCUT2D eigenvalue weighted by Gasteiger charge is -2.23. The summed E-state index contributed by atoms with van der Waals surface area (Å²) in [6.07, 6.45) is 0. The predicted molar refractivity (Wildman–Crippen MR) is 139 cm³/mol. The topological polar surface area (TPSA) is 198 Å². The number of nitrogens with two attached hydrogens (primary N) is 1. The van der Waals surface area contributed by atoms with Gasteiger partial charge >= 0.3 is 17.9 Å². The Hall–Kier alpha value is -4.53. The number of thiazole rings is 1. The van der Waals surface area contributed by atoms with E-state index in [0.717, 1.165) is 31.3 Å². The highest BCUT2D eigenvalue weighted by Gasteiger charge is 2.33. The number of carbonyl (C=O) groups excluding carboxylic acids is 5. The van der Waals surface area contributed by atoms with E-state index in [1.807, 2.05) is 0 Å². The van der Waals surface area contributed by atoms with Crippen molar-refractivity contribution < 1.29 is 43.0 Å². The first-order valence-corrected chi connectivity index (χ1v) is 12.2. The van der Waals surface area contributed by atoms with Crippen LogP contribution in [0, 0.1) is 0 Å². The second-order valence-electron chi connectivity index (χ2n) is 9.37. The molecule has 0 aliphatic carbocycles. The molecule has 0 fully saturated rings. The summed E-state index contributed by atoms with van der Waals surface area (Å²) >= 11 is 1.07. The first kappa shape index (κ1) is 30.7. The Bertz CT molecular complexity index is 1310. The Labute approximate surface area is 227 Å². The molecule has 0 saturated carbocycles. The van der Waals surface area contributed by atoms with Crippen molar-refractivity contribution in [1.29, 1.82) is 0 Å². The SMILES string of the molecule is CC(=O)Oc1ccc(C(=O)NNC(=O)C(C)(C)ON=C(C(=O)OC(C)(C)C)c2csc(N)n2)cc1OC(C)=O. The molecule has 2 amide bonds. The maximum absolute atomic E-state index is 12.7. The maximum Gasteiger partial charge on any atom is 0.363 e. The molecule has 2 aromatic rings. The number of hydrazine groups is 1. The van der Waals surface area contributed by atoms with E-state index >= 15 is 0 Å². The number of hydrogen-bond donors (Lipinski definition) is 3. The van der Waals surface area contributed by atoms with Gasteiger partial charge in [-0.25, -0.2) is 9.78 Å². The summed E-state index contributed by atoms with van der Waals surface area (Å²) in [6.45, 7) is 9.96. The number of nitrogens with one attached hydrogen (secondary N) is 2. The Kier molecular flexibility index (Phi) is 9.71. The fourth-order valence-electron chi connectivity index (χ4n) is 2.57. The van der Waals surface area contributed by atoms with Crippen LogP contribution in [0.4, 0.5) is 5.13 Å². The van der Waals surface area contributed by atoms with Crippen molar-refractivity contribution >= 4 is 51.9 Å². The van der Waals surface area contributed by atoms with Gasteiger partial charge in [-0.3, -0.25) is 30.0 Å². The summed E-state index contributed by atoms with van der Waals surface area (Å²) in [6, 6.07) is 3.69. The molecule has 0 aliphatic rings. The van der Waals surface area contributed by atoms with Gasteiger partial charge in [0.25, 0.3) is 11.8 Å². The Morgan fingerprint density at radius 2 is 1.56 bits per heavy atom. The van der Waals surface area contributed by atoms with E-state index in [9.17, 15) is 24.0 Å². The number of anilines is 1. The molecular weight excluding hydrogens is 534 g/mol. The third kappa shape index (κ3) is 9.37. The third-order valence-electron chi connectivity index (χ3n) is 4.27. The van der Waals surface area contributed by atoms with E-state index < -0.39 is 40.9 Å². The first-order valence-electron chi connectivity index (χ1n) is 11.3. The zero-order valence-electron chi connectivity index (χ0n) is 22.4. The minimum absolute atomic E-state index is 0.0347. The summed E-state index contributed by atoms with van der Waals surface area (Å²) in [7, 11) is 0. The minimum atomic E-state index is -1.69. The van der Waals surface area contributed by atoms with Gasteiger partial charge in [0.2, 0.25) is 11.3 Å². The van der Waals surface area contributed by atoms with Crippen LogP contribution in [0.1, 0.15) is 64.5 Å². The van der Waals surface area contributed by atoms with Crippen LogP contribution in [0.2, 0.25) is 0 Å².